The first kappa shape index (κ1) is 13.8. The number of aryl methyl sites for hydroxylation is 1. The molecule has 1 atom stereocenters. The number of hydrogen-bond acceptors (Lipinski definition) is 2. The van der Waals surface area contributed by atoms with Crippen molar-refractivity contribution in [1.29, 1.82) is 0 Å². The largest absolute Gasteiger partial charge is 0.351 e. The number of nitrogens with one attached hydrogen (secondary N) is 1. The Morgan fingerprint density at radius 3 is 2.85 bits per heavy atom. The van der Waals surface area contributed by atoms with Crippen molar-refractivity contribution in [3.05, 3.63) is 56.2 Å². The van der Waals surface area contributed by atoms with E-state index in [1.54, 1.807) is 11.3 Å². The van der Waals surface area contributed by atoms with E-state index in [4.69, 9.17) is 0 Å². The Morgan fingerprint density at radius 2 is 2.10 bits per heavy atom. The van der Waals surface area contributed by atoms with Crippen LogP contribution in [0.25, 0.3) is 0 Å². The van der Waals surface area contributed by atoms with Crippen molar-refractivity contribution in [3.8, 4) is 0 Å². The zero-order valence-corrected chi connectivity index (χ0v) is 13.5. The molecule has 104 valence electrons. The summed E-state index contributed by atoms with van der Waals surface area (Å²) >= 11 is 5.16. The highest BCUT2D eigenvalue weighted by molar-refractivity contribution is 9.10. The predicted octanol–water partition coefficient (Wildman–Crippen LogP) is 3.93. The van der Waals surface area contributed by atoms with E-state index in [1.165, 1.54) is 16.0 Å². The first-order chi connectivity index (χ1) is 9.74. The Labute approximate surface area is 131 Å². The Balaban J connectivity index is 1.60. The molecule has 20 heavy (non-hydrogen) atoms. The Kier molecular flexibility index (Phi) is 4.22. The van der Waals surface area contributed by atoms with Crippen LogP contribution in [0.2, 0.25) is 0 Å². The minimum absolute atomic E-state index is 0.114. The molecule has 1 aliphatic rings. The minimum atomic E-state index is 0.114. The molecule has 0 aliphatic heterocycles. The molecule has 0 saturated carbocycles. The summed E-state index contributed by atoms with van der Waals surface area (Å²) in [4.78, 5) is 13.5. The summed E-state index contributed by atoms with van der Waals surface area (Å²) in [6.07, 6.45) is 2.83. The zero-order valence-electron chi connectivity index (χ0n) is 11.1. The van der Waals surface area contributed by atoms with E-state index in [2.05, 4.69) is 45.5 Å². The number of halogens is 1. The van der Waals surface area contributed by atoms with Crippen molar-refractivity contribution in [1.82, 2.24) is 5.32 Å². The third-order valence-electron chi connectivity index (χ3n) is 3.83. The standard InChI is InChI=1S/C16H16BrNOS/c17-14-7-8-20-15(14)10-18-16(19)13-6-5-11-3-1-2-4-12(11)9-13/h1-4,7-8,13H,5-6,9-10H2,(H,18,19). The lowest BCUT2D eigenvalue weighted by atomic mass is 9.83. The molecule has 1 unspecified atom stereocenters. The fraction of sp³-hybridized carbons (Fsp3) is 0.312. The summed E-state index contributed by atoms with van der Waals surface area (Å²) in [5, 5.41) is 5.10. The topological polar surface area (TPSA) is 29.1 Å². The average molecular weight is 350 g/mol. The maximum atomic E-state index is 12.3. The summed E-state index contributed by atoms with van der Waals surface area (Å²) in [5.41, 5.74) is 2.73. The van der Waals surface area contributed by atoms with E-state index >= 15 is 0 Å². The van der Waals surface area contributed by atoms with Gasteiger partial charge in [-0.05, 0) is 57.8 Å². The number of carbonyl (C=O) groups excluding carboxylic acids is 1. The molecule has 0 fully saturated rings. The van der Waals surface area contributed by atoms with Gasteiger partial charge >= 0.3 is 0 Å². The molecule has 0 spiro atoms. The van der Waals surface area contributed by atoms with E-state index in [1.807, 2.05) is 11.4 Å². The molecule has 1 aromatic carbocycles. The molecule has 3 rings (SSSR count). The number of carbonyl (C=O) groups is 1. The molecule has 1 amide bonds. The molecule has 2 nitrogen and oxygen atoms in total. The van der Waals surface area contributed by atoms with E-state index < -0.39 is 0 Å². The summed E-state index contributed by atoms with van der Waals surface area (Å²) in [6.45, 7) is 0.620. The van der Waals surface area contributed by atoms with Crippen molar-refractivity contribution < 1.29 is 4.79 Å². The van der Waals surface area contributed by atoms with Crippen LogP contribution in [0, 0.1) is 5.92 Å². The SMILES string of the molecule is O=C(NCc1sccc1Br)C1CCc2ccccc2C1. The van der Waals surface area contributed by atoms with Crippen molar-refractivity contribution in [2.45, 2.75) is 25.8 Å². The van der Waals surface area contributed by atoms with Gasteiger partial charge in [0.05, 0.1) is 6.54 Å². The molecule has 2 aromatic rings. The fourth-order valence-electron chi connectivity index (χ4n) is 2.68. The van der Waals surface area contributed by atoms with Crippen LogP contribution in [-0.2, 0) is 24.2 Å². The second-order valence-corrected chi connectivity index (χ2v) is 6.97. The van der Waals surface area contributed by atoms with Crippen LogP contribution in [0.5, 0.6) is 0 Å². The van der Waals surface area contributed by atoms with Gasteiger partial charge in [-0.15, -0.1) is 11.3 Å². The van der Waals surface area contributed by atoms with Crippen molar-refractivity contribution in [3.63, 3.8) is 0 Å². The maximum Gasteiger partial charge on any atom is 0.223 e. The number of fused-ring (bicyclic) bond motifs is 1. The first-order valence-electron chi connectivity index (χ1n) is 6.80. The van der Waals surface area contributed by atoms with Gasteiger partial charge in [0.15, 0.2) is 0 Å². The molecule has 0 radical (unpaired) electrons. The normalized spacial score (nSPS) is 17.6. The van der Waals surface area contributed by atoms with Crippen LogP contribution in [0.3, 0.4) is 0 Å². The van der Waals surface area contributed by atoms with E-state index in [9.17, 15) is 4.79 Å². The lowest BCUT2D eigenvalue weighted by molar-refractivity contribution is -0.125. The van der Waals surface area contributed by atoms with Gasteiger partial charge in [0, 0.05) is 15.3 Å². The highest BCUT2D eigenvalue weighted by Crippen LogP contribution is 2.26. The van der Waals surface area contributed by atoms with Crippen molar-refractivity contribution >= 4 is 33.2 Å². The van der Waals surface area contributed by atoms with Crippen molar-refractivity contribution in [2.24, 2.45) is 5.92 Å². The second-order valence-electron chi connectivity index (χ2n) is 5.12. The Morgan fingerprint density at radius 1 is 1.30 bits per heavy atom. The molecule has 1 N–H and O–H groups in total. The van der Waals surface area contributed by atoms with Gasteiger partial charge < -0.3 is 5.32 Å². The number of benzene rings is 1. The van der Waals surface area contributed by atoms with Gasteiger partial charge in [-0.3, -0.25) is 4.79 Å². The number of rotatable bonds is 3. The summed E-state index contributed by atoms with van der Waals surface area (Å²) < 4.78 is 1.08. The minimum Gasteiger partial charge on any atom is -0.351 e. The highest BCUT2D eigenvalue weighted by Gasteiger charge is 2.24. The Bertz CT molecular complexity index is 622. The van der Waals surface area contributed by atoms with Crippen LogP contribution in [-0.4, -0.2) is 5.91 Å². The quantitative estimate of drug-likeness (QED) is 0.893. The lowest BCUT2D eigenvalue weighted by Gasteiger charge is -2.23. The highest BCUT2D eigenvalue weighted by atomic mass is 79.9. The molecule has 1 aromatic heterocycles. The third-order valence-corrected chi connectivity index (χ3v) is 5.76. The maximum absolute atomic E-state index is 12.3. The fourth-order valence-corrected chi connectivity index (χ4v) is 4.12. The smallest absolute Gasteiger partial charge is 0.223 e. The van der Waals surface area contributed by atoms with Crippen LogP contribution in [0.1, 0.15) is 22.4 Å². The van der Waals surface area contributed by atoms with E-state index in [-0.39, 0.29) is 11.8 Å². The number of amides is 1. The zero-order chi connectivity index (χ0) is 13.9. The molecule has 4 heteroatoms. The van der Waals surface area contributed by atoms with Crippen molar-refractivity contribution in [2.75, 3.05) is 0 Å². The second kappa shape index (κ2) is 6.10. The van der Waals surface area contributed by atoms with Crippen LogP contribution < -0.4 is 5.32 Å². The van der Waals surface area contributed by atoms with Gasteiger partial charge in [0.2, 0.25) is 5.91 Å². The van der Waals surface area contributed by atoms with Crippen LogP contribution >= 0.6 is 27.3 Å². The molecular formula is C16H16BrNOS. The molecular weight excluding hydrogens is 334 g/mol. The molecule has 1 heterocycles. The lowest BCUT2D eigenvalue weighted by Crippen LogP contribution is -2.33. The van der Waals surface area contributed by atoms with Crippen LogP contribution in [0.15, 0.2) is 40.2 Å². The Hall–Kier alpha value is -1.13. The van der Waals surface area contributed by atoms with Gasteiger partial charge in [-0.2, -0.15) is 0 Å². The summed E-state index contributed by atoms with van der Waals surface area (Å²) in [7, 11) is 0. The average Bonchev–Trinajstić information content (AvgIpc) is 2.89. The number of thiophene rings is 1. The monoisotopic (exact) mass is 349 g/mol. The molecule has 0 bridgehead atoms. The first-order valence-corrected chi connectivity index (χ1v) is 8.47. The van der Waals surface area contributed by atoms with Crippen LogP contribution in [0.4, 0.5) is 0 Å². The van der Waals surface area contributed by atoms with Gasteiger partial charge in [0.25, 0.3) is 0 Å². The summed E-state index contributed by atoms with van der Waals surface area (Å²) in [6, 6.07) is 10.5. The third kappa shape index (κ3) is 2.96. The van der Waals surface area contributed by atoms with E-state index in [0.717, 1.165) is 23.7 Å². The molecule has 1 aliphatic carbocycles. The summed E-state index contributed by atoms with van der Waals surface area (Å²) in [5.74, 6) is 0.295. The predicted molar refractivity (Wildman–Crippen MR) is 85.8 cm³/mol. The van der Waals surface area contributed by atoms with E-state index in [0.29, 0.717) is 6.54 Å². The van der Waals surface area contributed by atoms with Gasteiger partial charge in [-0.25, -0.2) is 0 Å². The molecule has 0 saturated heterocycles. The van der Waals surface area contributed by atoms with Gasteiger partial charge in [-0.1, -0.05) is 24.3 Å². The number of hydrogen-bond donors (Lipinski definition) is 1. The van der Waals surface area contributed by atoms with Gasteiger partial charge in [0.1, 0.15) is 0 Å².